The number of rotatable bonds is 3. The van der Waals surface area contributed by atoms with Gasteiger partial charge in [0.2, 0.25) is 0 Å². The van der Waals surface area contributed by atoms with Crippen molar-refractivity contribution in [2.75, 3.05) is 13.2 Å². The molecule has 0 aromatic heterocycles. The summed E-state index contributed by atoms with van der Waals surface area (Å²) >= 11 is 5.67. The predicted molar refractivity (Wildman–Crippen MR) is 75.6 cm³/mol. The lowest BCUT2D eigenvalue weighted by molar-refractivity contribution is -0.155. The lowest BCUT2D eigenvalue weighted by Crippen LogP contribution is -2.48. The molecule has 0 aliphatic carbocycles. The van der Waals surface area contributed by atoms with Crippen LogP contribution in [-0.4, -0.2) is 41.4 Å². The first-order chi connectivity index (χ1) is 10.3. The van der Waals surface area contributed by atoms with Gasteiger partial charge in [-0.25, -0.2) is 4.79 Å². The molecule has 1 aromatic carbocycles. The van der Waals surface area contributed by atoms with Gasteiger partial charge in [-0.2, -0.15) is 13.2 Å². The molecule has 1 aliphatic heterocycles. The van der Waals surface area contributed by atoms with Crippen LogP contribution in [0.15, 0.2) is 24.3 Å². The molecule has 2 rings (SSSR count). The Morgan fingerprint density at radius 3 is 2.59 bits per heavy atom. The number of urea groups is 1. The van der Waals surface area contributed by atoms with Crippen molar-refractivity contribution in [3.8, 4) is 0 Å². The molecule has 1 heterocycles. The first-order valence-corrected chi connectivity index (χ1v) is 7.21. The molecular weight excluding hydrogens is 321 g/mol. The number of amides is 2. The maximum atomic E-state index is 13.2. The average Bonchev–Trinajstić information content (AvgIpc) is 2.93. The van der Waals surface area contributed by atoms with E-state index in [4.69, 9.17) is 16.7 Å². The summed E-state index contributed by atoms with van der Waals surface area (Å²) in [6, 6.07) is 1.77. The molecule has 8 heteroatoms. The highest BCUT2D eigenvalue weighted by atomic mass is 35.5. The quantitative estimate of drug-likeness (QED) is 0.891. The lowest BCUT2D eigenvalue weighted by Gasteiger charge is -2.28. The second-order valence-electron chi connectivity index (χ2n) is 5.15. The first kappa shape index (κ1) is 16.9. The summed E-state index contributed by atoms with van der Waals surface area (Å²) in [7, 11) is 0. The first-order valence-electron chi connectivity index (χ1n) is 6.83. The number of nitrogens with zero attached hydrogens (tertiary/aromatic N) is 1. The summed E-state index contributed by atoms with van der Waals surface area (Å²) in [6.07, 6.45) is -3.38. The zero-order valence-electron chi connectivity index (χ0n) is 11.6. The van der Waals surface area contributed by atoms with E-state index in [2.05, 4.69) is 0 Å². The molecule has 2 N–H and O–H groups in total. The van der Waals surface area contributed by atoms with Crippen LogP contribution in [0.4, 0.5) is 18.0 Å². The molecule has 2 amide bonds. The number of aliphatic hydroxyl groups is 1. The summed E-state index contributed by atoms with van der Waals surface area (Å²) in [6.45, 7) is 0.0767. The van der Waals surface area contributed by atoms with Gasteiger partial charge in [-0.05, 0) is 30.5 Å². The lowest BCUT2D eigenvalue weighted by atomic mass is 10.1. The van der Waals surface area contributed by atoms with Gasteiger partial charge in [-0.3, -0.25) is 0 Å². The number of benzene rings is 1. The van der Waals surface area contributed by atoms with Crippen LogP contribution in [0, 0.1) is 0 Å². The van der Waals surface area contributed by atoms with Gasteiger partial charge in [-0.15, -0.1) is 0 Å². The highest BCUT2D eigenvalue weighted by Crippen LogP contribution is 2.33. The molecule has 22 heavy (non-hydrogen) atoms. The molecule has 0 unspecified atom stereocenters. The van der Waals surface area contributed by atoms with Gasteiger partial charge in [0.25, 0.3) is 0 Å². The third kappa shape index (κ3) is 3.84. The van der Waals surface area contributed by atoms with Crippen LogP contribution in [0.1, 0.15) is 24.4 Å². The zero-order valence-corrected chi connectivity index (χ0v) is 12.4. The van der Waals surface area contributed by atoms with Crippen LogP contribution in [-0.2, 0) is 0 Å². The van der Waals surface area contributed by atoms with Crippen molar-refractivity contribution in [2.24, 2.45) is 0 Å². The highest BCUT2D eigenvalue weighted by Gasteiger charge is 2.43. The van der Waals surface area contributed by atoms with Crippen molar-refractivity contribution in [1.82, 2.24) is 10.2 Å². The van der Waals surface area contributed by atoms with E-state index in [1.165, 1.54) is 29.2 Å². The summed E-state index contributed by atoms with van der Waals surface area (Å²) in [5.41, 5.74) is -0.0926. The molecule has 1 saturated heterocycles. The Balaban J connectivity index is 2.17. The van der Waals surface area contributed by atoms with E-state index in [0.29, 0.717) is 24.4 Å². The summed E-state index contributed by atoms with van der Waals surface area (Å²) < 4.78 is 39.7. The van der Waals surface area contributed by atoms with Gasteiger partial charge < -0.3 is 15.3 Å². The van der Waals surface area contributed by atoms with Crippen LogP contribution >= 0.6 is 11.6 Å². The van der Waals surface area contributed by atoms with Crippen LogP contribution in [0.3, 0.4) is 0 Å². The fraction of sp³-hybridized carbons (Fsp3) is 0.500. The van der Waals surface area contributed by atoms with Crippen molar-refractivity contribution in [3.63, 3.8) is 0 Å². The normalized spacial score (nSPS) is 20.0. The standard InChI is InChI=1S/C14H16ClF3N2O2/c15-10-5-3-9(4-6-10)12(14(16,17)18)19-13(22)20-7-1-2-11(20)8-21/h3-6,11-12,21H,1-2,7-8H2,(H,19,22)/t11-,12-/m1/s1. The van der Waals surface area contributed by atoms with Gasteiger partial charge in [0, 0.05) is 11.6 Å². The average molecular weight is 337 g/mol. The van der Waals surface area contributed by atoms with Gasteiger partial charge in [0.15, 0.2) is 6.04 Å². The van der Waals surface area contributed by atoms with Crippen molar-refractivity contribution in [2.45, 2.75) is 31.1 Å². The van der Waals surface area contributed by atoms with Crippen LogP contribution < -0.4 is 5.32 Å². The van der Waals surface area contributed by atoms with E-state index in [1.54, 1.807) is 0 Å². The number of aliphatic hydroxyl groups excluding tert-OH is 1. The molecule has 0 saturated carbocycles. The number of hydrogen-bond acceptors (Lipinski definition) is 2. The van der Waals surface area contributed by atoms with E-state index < -0.39 is 24.3 Å². The number of nitrogens with one attached hydrogen (secondary N) is 1. The van der Waals surface area contributed by atoms with E-state index in [9.17, 15) is 18.0 Å². The summed E-state index contributed by atoms with van der Waals surface area (Å²) in [5, 5.41) is 11.5. The zero-order chi connectivity index (χ0) is 16.3. The fourth-order valence-corrected chi connectivity index (χ4v) is 2.63. The number of alkyl halides is 3. The van der Waals surface area contributed by atoms with Crippen molar-refractivity contribution in [3.05, 3.63) is 34.9 Å². The van der Waals surface area contributed by atoms with E-state index >= 15 is 0 Å². The number of hydrogen-bond donors (Lipinski definition) is 2. The molecule has 1 fully saturated rings. The molecular formula is C14H16ClF3N2O2. The maximum absolute atomic E-state index is 13.2. The SMILES string of the molecule is O=C(N[C@H](c1ccc(Cl)cc1)C(F)(F)F)N1CCC[C@@H]1CO. The second kappa shape index (κ2) is 6.75. The minimum Gasteiger partial charge on any atom is -0.394 e. The van der Waals surface area contributed by atoms with Gasteiger partial charge in [0.05, 0.1) is 12.6 Å². The Morgan fingerprint density at radius 1 is 1.41 bits per heavy atom. The number of carbonyl (C=O) groups is 1. The Labute approximate surface area is 130 Å². The topological polar surface area (TPSA) is 52.6 Å². The smallest absolute Gasteiger partial charge is 0.394 e. The summed E-state index contributed by atoms with van der Waals surface area (Å²) in [4.78, 5) is 13.3. The van der Waals surface area contributed by atoms with Crippen molar-refractivity contribution in [1.29, 1.82) is 0 Å². The molecule has 122 valence electrons. The van der Waals surface area contributed by atoms with E-state index in [1.807, 2.05) is 5.32 Å². The molecule has 0 spiro atoms. The Bertz CT molecular complexity index is 522. The predicted octanol–water partition coefficient (Wildman–Crippen LogP) is 3.11. The van der Waals surface area contributed by atoms with Crippen LogP contribution in [0.5, 0.6) is 0 Å². The summed E-state index contributed by atoms with van der Waals surface area (Å²) in [5.74, 6) is 0. The van der Waals surface area contributed by atoms with E-state index in [0.717, 1.165) is 0 Å². The Kier molecular flexibility index (Phi) is 5.18. The van der Waals surface area contributed by atoms with Crippen molar-refractivity contribution >= 4 is 17.6 Å². The number of likely N-dealkylation sites (tertiary alicyclic amines) is 1. The third-order valence-electron chi connectivity index (χ3n) is 3.65. The van der Waals surface area contributed by atoms with Crippen LogP contribution in [0.2, 0.25) is 5.02 Å². The number of carbonyl (C=O) groups excluding carboxylic acids is 1. The molecule has 0 bridgehead atoms. The molecule has 4 nitrogen and oxygen atoms in total. The highest BCUT2D eigenvalue weighted by molar-refractivity contribution is 6.30. The second-order valence-corrected chi connectivity index (χ2v) is 5.58. The molecule has 1 aromatic rings. The molecule has 1 aliphatic rings. The van der Waals surface area contributed by atoms with E-state index in [-0.39, 0.29) is 12.2 Å². The monoisotopic (exact) mass is 336 g/mol. The minimum atomic E-state index is -4.63. The van der Waals surface area contributed by atoms with Crippen LogP contribution in [0.25, 0.3) is 0 Å². The van der Waals surface area contributed by atoms with Gasteiger partial charge in [-0.1, -0.05) is 23.7 Å². The largest absolute Gasteiger partial charge is 0.412 e. The molecule has 0 radical (unpaired) electrons. The molecule has 2 atom stereocenters. The fourth-order valence-electron chi connectivity index (χ4n) is 2.51. The maximum Gasteiger partial charge on any atom is 0.412 e. The third-order valence-corrected chi connectivity index (χ3v) is 3.90. The minimum absolute atomic E-state index is 0.0926. The number of halogens is 4. The van der Waals surface area contributed by atoms with Gasteiger partial charge >= 0.3 is 12.2 Å². The van der Waals surface area contributed by atoms with Gasteiger partial charge in [0.1, 0.15) is 0 Å². The van der Waals surface area contributed by atoms with Crippen molar-refractivity contribution < 1.29 is 23.1 Å². The Hall–Kier alpha value is -1.47. The Morgan fingerprint density at radius 2 is 2.05 bits per heavy atom.